The molecule has 0 aliphatic rings. The predicted octanol–water partition coefficient (Wildman–Crippen LogP) is 3.91. The van der Waals surface area contributed by atoms with E-state index in [0.29, 0.717) is 38.8 Å². The van der Waals surface area contributed by atoms with Gasteiger partial charge in [-0.1, -0.05) is 59.2 Å². The Kier molecular flexibility index (Phi) is 23.0. The summed E-state index contributed by atoms with van der Waals surface area (Å²) in [6.07, 6.45) is 7.58. The molecule has 0 fully saturated rings. The molecule has 1 atom stereocenters. The van der Waals surface area contributed by atoms with Crippen LogP contribution >= 0.6 is 0 Å². The van der Waals surface area contributed by atoms with Crippen LogP contribution in [-0.2, 0) is 30.4 Å². The molecule has 2 N–H and O–H groups in total. The van der Waals surface area contributed by atoms with Crippen LogP contribution in [0.1, 0.15) is 72.8 Å². The first-order valence-corrected chi connectivity index (χ1v) is 13.8. The van der Waals surface area contributed by atoms with Crippen molar-refractivity contribution in [2.24, 2.45) is 5.92 Å². The summed E-state index contributed by atoms with van der Waals surface area (Å²) in [4.78, 5) is 59.1. The SMILES string of the molecule is C/C=C\C(=O)N(C=O)CCCCCC(=O)NC(C=O)C(C)C.CC.CCc1ccc(N(C)C(=O)CNC)cc1. The zero-order chi connectivity index (χ0) is 30.2. The molecule has 0 aliphatic carbocycles. The molecule has 0 heterocycles. The minimum atomic E-state index is -0.448. The van der Waals surface area contributed by atoms with Gasteiger partial charge >= 0.3 is 0 Å². The lowest BCUT2D eigenvalue weighted by Gasteiger charge is -2.17. The van der Waals surface area contributed by atoms with E-state index in [1.807, 2.05) is 39.8 Å². The molecule has 0 radical (unpaired) electrons. The highest BCUT2D eigenvalue weighted by Gasteiger charge is 2.15. The molecule has 220 valence electrons. The standard InChI is InChI=1S/C16H26N2O4.C12H18N2O.C2H6/c1-4-8-16(22)18(12-20)10-7-5-6-9-15(21)17-14(11-19)13(2)3;1-4-10-5-7-11(8-6-10)14(3)12(15)9-13-2;1-2/h4,8,11-14H,5-7,9-10H2,1-3H3,(H,17,21);5-8,13H,4,9H2,1-3H3;1-2H3/b8-4-;;. The van der Waals surface area contributed by atoms with E-state index < -0.39 is 6.04 Å². The zero-order valence-corrected chi connectivity index (χ0v) is 25.2. The highest BCUT2D eigenvalue weighted by atomic mass is 16.2. The quantitative estimate of drug-likeness (QED) is 0.196. The van der Waals surface area contributed by atoms with Crippen molar-refractivity contribution in [1.82, 2.24) is 15.5 Å². The molecule has 1 aromatic carbocycles. The van der Waals surface area contributed by atoms with Crippen LogP contribution in [0.2, 0.25) is 0 Å². The van der Waals surface area contributed by atoms with Gasteiger partial charge in [0.1, 0.15) is 6.29 Å². The smallest absolute Gasteiger partial charge is 0.252 e. The molecule has 1 unspecified atom stereocenters. The lowest BCUT2D eigenvalue weighted by atomic mass is 10.1. The third kappa shape index (κ3) is 17.0. The largest absolute Gasteiger partial charge is 0.346 e. The Labute approximate surface area is 235 Å². The molecule has 39 heavy (non-hydrogen) atoms. The number of nitrogens with one attached hydrogen (secondary N) is 2. The molecular weight excluding hydrogens is 496 g/mol. The maximum atomic E-state index is 11.7. The van der Waals surface area contributed by atoms with Crippen molar-refractivity contribution in [2.45, 2.75) is 79.7 Å². The Balaban J connectivity index is 0. The van der Waals surface area contributed by atoms with Gasteiger partial charge in [-0.15, -0.1) is 0 Å². The van der Waals surface area contributed by atoms with Gasteiger partial charge in [0.2, 0.25) is 18.2 Å². The summed E-state index contributed by atoms with van der Waals surface area (Å²) in [5.41, 5.74) is 2.22. The molecule has 9 heteroatoms. The van der Waals surface area contributed by atoms with E-state index in [-0.39, 0.29) is 23.6 Å². The van der Waals surface area contributed by atoms with E-state index in [1.54, 1.807) is 32.0 Å². The van der Waals surface area contributed by atoms with Crippen LogP contribution < -0.4 is 15.5 Å². The minimum absolute atomic E-state index is 0.0697. The normalized spacial score (nSPS) is 10.9. The number of aryl methyl sites for hydroxylation is 1. The number of nitrogens with zero attached hydrogens (tertiary/aromatic N) is 2. The van der Waals surface area contributed by atoms with Crippen molar-refractivity contribution in [1.29, 1.82) is 0 Å². The Morgan fingerprint density at radius 1 is 1.00 bits per heavy atom. The first-order chi connectivity index (χ1) is 18.6. The number of allylic oxidation sites excluding steroid dienone is 1. The molecule has 9 nitrogen and oxygen atoms in total. The number of imide groups is 1. The maximum Gasteiger partial charge on any atom is 0.252 e. The first-order valence-electron chi connectivity index (χ1n) is 13.8. The predicted molar refractivity (Wildman–Crippen MR) is 158 cm³/mol. The van der Waals surface area contributed by atoms with Crippen LogP contribution in [0.4, 0.5) is 5.69 Å². The Bertz CT molecular complexity index is 869. The Hall–Kier alpha value is -3.33. The van der Waals surface area contributed by atoms with E-state index >= 15 is 0 Å². The number of unbranched alkanes of at least 4 members (excludes halogenated alkanes) is 2. The van der Waals surface area contributed by atoms with Gasteiger partial charge in [0.25, 0.3) is 5.91 Å². The van der Waals surface area contributed by atoms with Gasteiger partial charge in [-0.3, -0.25) is 24.1 Å². The van der Waals surface area contributed by atoms with Crippen molar-refractivity contribution < 1.29 is 24.0 Å². The van der Waals surface area contributed by atoms with E-state index in [9.17, 15) is 24.0 Å². The molecule has 0 saturated heterocycles. The number of aldehydes is 1. The summed E-state index contributed by atoms with van der Waals surface area (Å²) < 4.78 is 0. The second-order valence-electron chi connectivity index (χ2n) is 8.92. The molecule has 0 saturated carbocycles. The average molecular weight is 547 g/mol. The third-order valence-corrected chi connectivity index (χ3v) is 5.65. The van der Waals surface area contributed by atoms with Crippen LogP contribution in [0.5, 0.6) is 0 Å². The van der Waals surface area contributed by atoms with E-state index in [1.165, 1.54) is 11.6 Å². The number of hydrogen-bond donors (Lipinski definition) is 2. The molecule has 0 spiro atoms. The topological polar surface area (TPSA) is 116 Å². The lowest BCUT2D eigenvalue weighted by Crippen LogP contribution is -2.39. The summed E-state index contributed by atoms with van der Waals surface area (Å²) >= 11 is 0. The highest BCUT2D eigenvalue weighted by molar-refractivity contribution is 5.94. The van der Waals surface area contributed by atoms with Gasteiger partial charge in [0.15, 0.2) is 0 Å². The number of anilines is 1. The fraction of sp³-hybridized carbons (Fsp3) is 0.567. The number of amides is 4. The van der Waals surface area contributed by atoms with Gasteiger partial charge in [0.05, 0.1) is 12.6 Å². The van der Waals surface area contributed by atoms with Crippen molar-refractivity contribution in [3.05, 3.63) is 42.0 Å². The number of carbonyl (C=O) groups excluding carboxylic acids is 5. The summed E-state index contributed by atoms with van der Waals surface area (Å²) in [6.45, 7) is 12.3. The number of likely N-dealkylation sites (N-methyl/N-ethyl adjacent to an activating group) is 2. The molecule has 1 aromatic rings. The second kappa shape index (κ2) is 23.8. The van der Waals surface area contributed by atoms with Gasteiger partial charge in [-0.2, -0.15) is 0 Å². The third-order valence-electron chi connectivity index (χ3n) is 5.65. The molecule has 0 aliphatic heterocycles. The zero-order valence-electron chi connectivity index (χ0n) is 25.2. The number of rotatable bonds is 15. The molecule has 0 bridgehead atoms. The van der Waals surface area contributed by atoms with Crippen LogP contribution in [0, 0.1) is 5.92 Å². The van der Waals surface area contributed by atoms with E-state index in [4.69, 9.17) is 0 Å². The summed E-state index contributed by atoms with van der Waals surface area (Å²) in [5, 5.41) is 5.52. The van der Waals surface area contributed by atoms with Crippen molar-refractivity contribution >= 4 is 36.1 Å². The van der Waals surface area contributed by atoms with Crippen molar-refractivity contribution in [3.8, 4) is 0 Å². The monoisotopic (exact) mass is 546 g/mol. The second-order valence-corrected chi connectivity index (χ2v) is 8.92. The highest BCUT2D eigenvalue weighted by Crippen LogP contribution is 2.14. The van der Waals surface area contributed by atoms with Gasteiger partial charge < -0.3 is 20.3 Å². The molecule has 0 aromatic heterocycles. The van der Waals surface area contributed by atoms with Crippen LogP contribution in [0.15, 0.2) is 36.4 Å². The maximum absolute atomic E-state index is 11.7. The van der Waals surface area contributed by atoms with Crippen molar-refractivity contribution in [3.63, 3.8) is 0 Å². The van der Waals surface area contributed by atoms with Crippen LogP contribution in [-0.4, -0.2) is 68.5 Å². The minimum Gasteiger partial charge on any atom is -0.346 e. The van der Waals surface area contributed by atoms with Crippen molar-refractivity contribution in [2.75, 3.05) is 32.1 Å². The molecule has 1 rings (SSSR count). The average Bonchev–Trinajstić information content (AvgIpc) is 2.94. The van der Waals surface area contributed by atoms with Gasteiger partial charge in [-0.25, -0.2) is 0 Å². The number of hydrogen-bond acceptors (Lipinski definition) is 6. The summed E-state index contributed by atoms with van der Waals surface area (Å²) in [7, 11) is 3.56. The Morgan fingerprint density at radius 3 is 2.08 bits per heavy atom. The first kappa shape index (κ1) is 37.8. The van der Waals surface area contributed by atoms with E-state index in [2.05, 4.69) is 29.7 Å². The van der Waals surface area contributed by atoms with Gasteiger partial charge in [-0.05, 0) is 62.9 Å². The number of carbonyl (C=O) groups is 5. The Morgan fingerprint density at radius 2 is 1.62 bits per heavy atom. The van der Waals surface area contributed by atoms with Gasteiger partial charge in [0, 0.05) is 25.7 Å². The molecule has 4 amide bonds. The number of benzene rings is 1. The van der Waals surface area contributed by atoms with Crippen LogP contribution in [0.3, 0.4) is 0 Å². The fourth-order valence-electron chi connectivity index (χ4n) is 3.18. The fourth-order valence-corrected chi connectivity index (χ4v) is 3.18. The van der Waals surface area contributed by atoms with E-state index in [0.717, 1.165) is 29.7 Å². The van der Waals surface area contributed by atoms with Crippen LogP contribution in [0.25, 0.3) is 0 Å². The molecular formula is C30H50N4O5. The summed E-state index contributed by atoms with van der Waals surface area (Å²) in [5.74, 6) is -0.342. The summed E-state index contributed by atoms with van der Waals surface area (Å²) in [6, 6.07) is 7.62. The lowest BCUT2D eigenvalue weighted by molar-refractivity contribution is -0.134.